The first kappa shape index (κ1) is 21.5. The molecule has 1 fully saturated rings. The number of likely N-dealkylation sites (tertiary alicyclic amines) is 1. The Labute approximate surface area is 172 Å². The van der Waals surface area contributed by atoms with Gasteiger partial charge >= 0.3 is 0 Å². The predicted molar refractivity (Wildman–Crippen MR) is 112 cm³/mol. The molecule has 0 bridgehead atoms. The molecule has 0 radical (unpaired) electrons. The summed E-state index contributed by atoms with van der Waals surface area (Å²) in [5, 5.41) is 3.17. The largest absolute Gasteiger partial charge is 0.497 e. The fraction of sp³-hybridized carbons (Fsp3) is 0.429. The van der Waals surface area contributed by atoms with Crippen LogP contribution < -0.4 is 14.8 Å². The lowest BCUT2D eigenvalue weighted by Gasteiger charge is -2.35. The van der Waals surface area contributed by atoms with Crippen molar-refractivity contribution in [2.45, 2.75) is 30.2 Å². The van der Waals surface area contributed by atoms with Gasteiger partial charge in [-0.2, -0.15) is 0 Å². The average molecular weight is 422 g/mol. The van der Waals surface area contributed by atoms with Gasteiger partial charge in [-0.3, -0.25) is 4.90 Å². The highest BCUT2D eigenvalue weighted by Gasteiger charge is 2.23. The molecule has 2 aromatic rings. The standard InChI is InChI=1S/C21H28FN3O3S/c1-23-29(26,27)18-10-11-20(19(22)14-18)24-15-21(25-12-4-3-5-13-25)16-6-8-17(28-2)9-7-16/h6-11,14,21,23-24H,3-5,12-13,15H2,1-2H3/t21-/m0/s1. The summed E-state index contributed by atoms with van der Waals surface area (Å²) in [6.45, 7) is 2.52. The lowest BCUT2D eigenvalue weighted by molar-refractivity contribution is 0.170. The molecule has 0 spiro atoms. The molecule has 1 aliphatic heterocycles. The Hall–Kier alpha value is -2.16. The molecule has 1 saturated heterocycles. The van der Waals surface area contributed by atoms with Crippen LogP contribution in [0.3, 0.4) is 0 Å². The number of hydrogen-bond donors (Lipinski definition) is 2. The highest BCUT2D eigenvalue weighted by molar-refractivity contribution is 7.89. The van der Waals surface area contributed by atoms with E-state index in [0.29, 0.717) is 6.54 Å². The average Bonchev–Trinajstić information content (AvgIpc) is 2.76. The summed E-state index contributed by atoms with van der Waals surface area (Å²) in [4.78, 5) is 2.32. The second-order valence-corrected chi connectivity index (χ2v) is 9.00. The zero-order chi connectivity index (χ0) is 20.9. The maximum absolute atomic E-state index is 14.5. The number of rotatable bonds is 8. The van der Waals surface area contributed by atoms with Gasteiger partial charge < -0.3 is 10.1 Å². The minimum atomic E-state index is -3.67. The van der Waals surface area contributed by atoms with E-state index >= 15 is 0 Å². The SMILES string of the molecule is CNS(=O)(=O)c1ccc(NC[C@@H](c2ccc(OC)cc2)N2CCCCC2)c(F)c1. The van der Waals surface area contributed by atoms with Crippen LogP contribution in [0.25, 0.3) is 0 Å². The molecule has 0 saturated carbocycles. The molecule has 0 amide bonds. The predicted octanol–water partition coefficient (Wildman–Crippen LogP) is 3.38. The molecule has 0 aliphatic carbocycles. The molecule has 158 valence electrons. The summed E-state index contributed by atoms with van der Waals surface area (Å²) in [7, 11) is -0.732. The van der Waals surface area contributed by atoms with E-state index in [-0.39, 0.29) is 16.6 Å². The smallest absolute Gasteiger partial charge is 0.240 e. The molecular weight excluding hydrogens is 393 g/mol. The Morgan fingerprint density at radius 3 is 2.38 bits per heavy atom. The van der Waals surface area contributed by atoms with E-state index in [2.05, 4.69) is 14.9 Å². The number of methoxy groups -OCH3 is 1. The van der Waals surface area contributed by atoms with Gasteiger partial charge in [0.1, 0.15) is 11.6 Å². The minimum Gasteiger partial charge on any atom is -0.497 e. The second kappa shape index (κ2) is 9.56. The normalized spacial score (nSPS) is 16.4. The summed E-state index contributed by atoms with van der Waals surface area (Å²) in [6, 6.07) is 12.0. The molecule has 3 rings (SSSR count). The van der Waals surface area contributed by atoms with Gasteiger partial charge in [-0.25, -0.2) is 17.5 Å². The number of sulfonamides is 1. The van der Waals surface area contributed by atoms with Crippen molar-refractivity contribution in [3.05, 3.63) is 53.8 Å². The van der Waals surface area contributed by atoms with E-state index in [1.807, 2.05) is 24.3 Å². The van der Waals surface area contributed by atoms with E-state index in [0.717, 1.165) is 43.3 Å². The minimum absolute atomic E-state index is 0.0846. The lowest BCUT2D eigenvalue weighted by atomic mass is 10.0. The molecule has 1 atom stereocenters. The summed E-state index contributed by atoms with van der Waals surface area (Å²) >= 11 is 0. The summed E-state index contributed by atoms with van der Waals surface area (Å²) in [6.07, 6.45) is 3.53. The second-order valence-electron chi connectivity index (χ2n) is 7.12. The van der Waals surface area contributed by atoms with Crippen LogP contribution in [-0.4, -0.2) is 47.1 Å². The van der Waals surface area contributed by atoms with E-state index in [1.165, 1.54) is 25.6 Å². The van der Waals surface area contributed by atoms with Crippen molar-refractivity contribution >= 4 is 15.7 Å². The van der Waals surface area contributed by atoms with E-state index in [4.69, 9.17) is 4.74 Å². The number of nitrogens with zero attached hydrogens (tertiary/aromatic N) is 1. The molecule has 0 aromatic heterocycles. The van der Waals surface area contributed by atoms with Crippen molar-refractivity contribution in [2.75, 3.05) is 39.1 Å². The summed E-state index contributed by atoms with van der Waals surface area (Å²) in [5.74, 6) is 0.208. The Kier molecular flexibility index (Phi) is 7.10. The van der Waals surface area contributed by atoms with Crippen LogP contribution in [0.4, 0.5) is 10.1 Å². The zero-order valence-corrected chi connectivity index (χ0v) is 17.6. The first-order valence-electron chi connectivity index (χ1n) is 9.79. The van der Waals surface area contributed by atoms with Crippen molar-refractivity contribution in [2.24, 2.45) is 0 Å². The lowest BCUT2D eigenvalue weighted by Crippen LogP contribution is -2.37. The number of halogens is 1. The van der Waals surface area contributed by atoms with Gasteiger partial charge in [0, 0.05) is 6.54 Å². The fourth-order valence-electron chi connectivity index (χ4n) is 3.64. The molecule has 2 N–H and O–H groups in total. The summed E-state index contributed by atoms with van der Waals surface area (Å²) in [5.41, 5.74) is 1.42. The van der Waals surface area contributed by atoms with Crippen LogP contribution >= 0.6 is 0 Å². The quantitative estimate of drug-likeness (QED) is 0.684. The molecule has 1 heterocycles. The van der Waals surface area contributed by atoms with Crippen molar-refractivity contribution in [1.29, 1.82) is 0 Å². The van der Waals surface area contributed by atoms with E-state index < -0.39 is 15.8 Å². The maximum atomic E-state index is 14.5. The Morgan fingerprint density at radius 1 is 1.10 bits per heavy atom. The van der Waals surface area contributed by atoms with Gasteiger partial charge in [0.2, 0.25) is 10.0 Å². The van der Waals surface area contributed by atoms with Gasteiger partial charge in [0.05, 0.1) is 23.7 Å². The Morgan fingerprint density at radius 2 is 1.79 bits per heavy atom. The zero-order valence-electron chi connectivity index (χ0n) is 16.8. The first-order chi connectivity index (χ1) is 13.9. The number of benzene rings is 2. The number of anilines is 1. The third kappa shape index (κ3) is 5.26. The monoisotopic (exact) mass is 421 g/mol. The highest BCUT2D eigenvalue weighted by Crippen LogP contribution is 2.28. The van der Waals surface area contributed by atoms with Crippen molar-refractivity contribution in [3.8, 4) is 5.75 Å². The number of hydrogen-bond acceptors (Lipinski definition) is 5. The Bertz CT molecular complexity index is 913. The van der Waals surface area contributed by atoms with Gasteiger partial charge in [-0.1, -0.05) is 18.6 Å². The van der Waals surface area contributed by atoms with Crippen molar-refractivity contribution in [1.82, 2.24) is 9.62 Å². The van der Waals surface area contributed by atoms with Gasteiger partial charge in [0.25, 0.3) is 0 Å². The molecule has 29 heavy (non-hydrogen) atoms. The Balaban J connectivity index is 1.79. The maximum Gasteiger partial charge on any atom is 0.240 e. The van der Waals surface area contributed by atoms with Crippen molar-refractivity contribution in [3.63, 3.8) is 0 Å². The molecule has 6 nitrogen and oxygen atoms in total. The van der Waals surface area contributed by atoms with Gasteiger partial charge in [-0.05, 0) is 68.9 Å². The van der Waals surface area contributed by atoms with Crippen LogP contribution in [0.5, 0.6) is 5.75 Å². The molecular formula is C21H28FN3O3S. The van der Waals surface area contributed by atoms with Gasteiger partial charge in [-0.15, -0.1) is 0 Å². The highest BCUT2D eigenvalue weighted by atomic mass is 32.2. The van der Waals surface area contributed by atoms with Crippen LogP contribution in [-0.2, 0) is 10.0 Å². The van der Waals surface area contributed by atoms with Crippen LogP contribution in [0.2, 0.25) is 0 Å². The fourth-order valence-corrected chi connectivity index (χ4v) is 4.39. The van der Waals surface area contributed by atoms with Gasteiger partial charge in [0.15, 0.2) is 0 Å². The van der Waals surface area contributed by atoms with Crippen LogP contribution in [0.1, 0.15) is 30.9 Å². The van der Waals surface area contributed by atoms with Crippen LogP contribution in [0, 0.1) is 5.82 Å². The van der Waals surface area contributed by atoms with Crippen molar-refractivity contribution < 1.29 is 17.5 Å². The van der Waals surface area contributed by atoms with Crippen LogP contribution in [0.15, 0.2) is 47.4 Å². The molecule has 8 heteroatoms. The third-order valence-electron chi connectivity index (χ3n) is 5.34. The molecule has 1 aliphatic rings. The number of ether oxygens (including phenoxy) is 1. The number of nitrogens with one attached hydrogen (secondary N) is 2. The third-order valence-corrected chi connectivity index (χ3v) is 6.75. The topological polar surface area (TPSA) is 70.7 Å². The molecule has 2 aromatic carbocycles. The van der Waals surface area contributed by atoms with E-state index in [9.17, 15) is 12.8 Å². The number of piperidine rings is 1. The first-order valence-corrected chi connectivity index (χ1v) is 11.3. The molecule has 0 unspecified atom stereocenters. The van der Waals surface area contributed by atoms with E-state index in [1.54, 1.807) is 7.11 Å². The summed E-state index contributed by atoms with van der Waals surface area (Å²) < 4.78 is 45.7.